The molecule has 0 unspecified atom stereocenters. The van der Waals surface area contributed by atoms with Crippen LogP contribution in [0.1, 0.15) is 54.6 Å². The first-order chi connectivity index (χ1) is 12.3. The van der Waals surface area contributed by atoms with Crippen molar-refractivity contribution >= 4 is 17.4 Å². The number of carbonyl (C=O) groups excluding carboxylic acids is 1. The molecule has 0 spiro atoms. The highest BCUT2D eigenvalue weighted by Crippen LogP contribution is 2.32. The van der Waals surface area contributed by atoms with Crippen molar-refractivity contribution in [3.05, 3.63) is 47.7 Å². The van der Waals surface area contributed by atoms with Crippen LogP contribution < -0.4 is 10.2 Å². The van der Waals surface area contributed by atoms with Gasteiger partial charge in [0.05, 0.1) is 0 Å². The van der Waals surface area contributed by atoms with Gasteiger partial charge in [-0.2, -0.15) is 0 Å². The van der Waals surface area contributed by atoms with Crippen molar-refractivity contribution in [2.75, 3.05) is 11.4 Å². The minimum absolute atomic E-state index is 0.104. The van der Waals surface area contributed by atoms with E-state index in [2.05, 4.69) is 38.6 Å². The lowest BCUT2D eigenvalue weighted by atomic mass is 10.1. The van der Waals surface area contributed by atoms with E-state index in [0.29, 0.717) is 5.69 Å². The van der Waals surface area contributed by atoms with Crippen LogP contribution >= 0.6 is 0 Å². The number of hydrogen-bond donors (Lipinski definition) is 1. The lowest BCUT2D eigenvalue weighted by Gasteiger charge is -2.18. The van der Waals surface area contributed by atoms with E-state index in [1.807, 2.05) is 12.1 Å². The molecule has 25 heavy (non-hydrogen) atoms. The van der Waals surface area contributed by atoms with Gasteiger partial charge in [0, 0.05) is 18.3 Å². The quantitative estimate of drug-likeness (QED) is 0.870. The van der Waals surface area contributed by atoms with E-state index in [1.165, 1.54) is 36.9 Å². The van der Waals surface area contributed by atoms with Gasteiger partial charge in [0.15, 0.2) is 11.5 Å². The van der Waals surface area contributed by atoms with E-state index in [9.17, 15) is 4.79 Å². The van der Waals surface area contributed by atoms with Gasteiger partial charge in [-0.25, -0.2) is 0 Å². The van der Waals surface area contributed by atoms with E-state index >= 15 is 0 Å². The van der Waals surface area contributed by atoms with Crippen molar-refractivity contribution in [1.82, 2.24) is 15.5 Å². The second-order valence-corrected chi connectivity index (χ2v) is 6.97. The minimum Gasteiger partial charge on any atom is -0.348 e. The van der Waals surface area contributed by atoms with Crippen molar-refractivity contribution in [1.29, 1.82) is 0 Å². The molecule has 0 radical (unpaired) electrons. The average molecular weight is 336 g/mol. The van der Waals surface area contributed by atoms with Crippen LogP contribution in [0.3, 0.4) is 0 Å². The van der Waals surface area contributed by atoms with Crippen LogP contribution in [0.15, 0.2) is 36.4 Å². The van der Waals surface area contributed by atoms with E-state index in [1.54, 1.807) is 6.07 Å². The summed E-state index contributed by atoms with van der Waals surface area (Å²) in [5.74, 6) is 0.698. The largest absolute Gasteiger partial charge is 0.348 e. The van der Waals surface area contributed by atoms with Crippen molar-refractivity contribution < 1.29 is 4.79 Å². The third kappa shape index (κ3) is 3.50. The maximum Gasteiger partial charge on any atom is 0.272 e. The van der Waals surface area contributed by atoms with Crippen molar-refractivity contribution in [3.63, 3.8) is 0 Å². The zero-order valence-electron chi connectivity index (χ0n) is 14.4. The maximum absolute atomic E-state index is 12.4. The van der Waals surface area contributed by atoms with Gasteiger partial charge < -0.3 is 10.2 Å². The smallest absolute Gasteiger partial charge is 0.272 e. The molecule has 1 aromatic carbocycles. The molecule has 2 aromatic rings. The van der Waals surface area contributed by atoms with Crippen LogP contribution in [0, 0.1) is 0 Å². The van der Waals surface area contributed by atoms with E-state index in [-0.39, 0.29) is 11.9 Å². The van der Waals surface area contributed by atoms with Gasteiger partial charge in [0.1, 0.15) is 0 Å². The van der Waals surface area contributed by atoms with Crippen LogP contribution in [0.25, 0.3) is 0 Å². The number of anilines is 2. The Hall–Kier alpha value is -2.43. The lowest BCUT2D eigenvalue weighted by Crippen LogP contribution is -2.35. The molecule has 1 aliphatic carbocycles. The van der Waals surface area contributed by atoms with Crippen LogP contribution in [-0.2, 0) is 6.42 Å². The lowest BCUT2D eigenvalue weighted by molar-refractivity contribution is 0.0927. The van der Waals surface area contributed by atoms with E-state index in [4.69, 9.17) is 0 Å². The zero-order chi connectivity index (χ0) is 17.1. The highest BCUT2D eigenvalue weighted by atomic mass is 16.2. The molecule has 1 N–H and O–H groups in total. The number of benzene rings is 1. The fraction of sp³-hybridized carbons (Fsp3) is 0.450. The molecule has 130 valence electrons. The third-order valence-corrected chi connectivity index (χ3v) is 5.24. The summed E-state index contributed by atoms with van der Waals surface area (Å²) in [6.07, 6.45) is 8.11. The number of amides is 1. The molecule has 1 saturated carbocycles. The zero-order valence-corrected chi connectivity index (χ0v) is 14.4. The number of fused-ring (bicyclic) bond motifs is 1. The summed E-state index contributed by atoms with van der Waals surface area (Å²) in [5, 5.41) is 11.6. The molecule has 4 rings (SSSR count). The van der Waals surface area contributed by atoms with E-state index in [0.717, 1.165) is 31.6 Å². The number of rotatable bonds is 3. The first kappa shape index (κ1) is 16.1. The maximum atomic E-state index is 12.4. The predicted molar refractivity (Wildman–Crippen MR) is 98.1 cm³/mol. The van der Waals surface area contributed by atoms with Crippen molar-refractivity contribution in [3.8, 4) is 0 Å². The number of nitrogens with zero attached hydrogens (tertiary/aromatic N) is 3. The Morgan fingerprint density at radius 3 is 2.56 bits per heavy atom. The van der Waals surface area contributed by atoms with Crippen molar-refractivity contribution in [2.45, 2.75) is 51.0 Å². The molecule has 1 amide bonds. The van der Waals surface area contributed by atoms with Crippen LogP contribution in [-0.4, -0.2) is 28.7 Å². The summed E-state index contributed by atoms with van der Waals surface area (Å²) >= 11 is 0. The van der Waals surface area contributed by atoms with Gasteiger partial charge in [0.25, 0.3) is 5.91 Å². The van der Waals surface area contributed by atoms with Gasteiger partial charge in [-0.1, -0.05) is 43.9 Å². The van der Waals surface area contributed by atoms with Crippen LogP contribution in [0.2, 0.25) is 0 Å². The number of aromatic nitrogens is 2. The van der Waals surface area contributed by atoms with Gasteiger partial charge in [-0.15, -0.1) is 10.2 Å². The fourth-order valence-electron chi connectivity index (χ4n) is 3.85. The number of carbonyl (C=O) groups is 1. The fourth-order valence-corrected chi connectivity index (χ4v) is 3.85. The first-order valence-corrected chi connectivity index (χ1v) is 9.31. The summed E-state index contributed by atoms with van der Waals surface area (Å²) in [6.45, 7) is 0.904. The van der Waals surface area contributed by atoms with Gasteiger partial charge in [-0.3, -0.25) is 4.79 Å². The summed E-state index contributed by atoms with van der Waals surface area (Å²) in [4.78, 5) is 14.6. The Bertz CT molecular complexity index is 736. The van der Waals surface area contributed by atoms with E-state index < -0.39 is 0 Å². The highest BCUT2D eigenvalue weighted by molar-refractivity contribution is 5.92. The molecule has 1 fully saturated rings. The average Bonchev–Trinajstić information content (AvgIpc) is 2.92. The monoisotopic (exact) mass is 336 g/mol. The summed E-state index contributed by atoms with van der Waals surface area (Å²) in [5.41, 5.74) is 2.92. The Morgan fingerprint density at radius 1 is 1.00 bits per heavy atom. The molecule has 1 aromatic heterocycles. The van der Waals surface area contributed by atoms with Crippen LogP contribution in [0.5, 0.6) is 0 Å². The molecule has 0 saturated heterocycles. The summed E-state index contributed by atoms with van der Waals surface area (Å²) in [7, 11) is 0. The number of hydrogen-bond acceptors (Lipinski definition) is 4. The molecular weight excluding hydrogens is 312 g/mol. The molecule has 0 atom stereocenters. The standard InChI is InChI=1S/C20H24N4O/c25-20(21-16-8-3-1-2-4-9-16)17-11-12-19(23-22-17)24-14-13-15-7-5-6-10-18(15)24/h5-7,10-12,16H,1-4,8-9,13-14H2,(H,21,25). The van der Waals surface area contributed by atoms with Gasteiger partial charge >= 0.3 is 0 Å². The second-order valence-electron chi connectivity index (χ2n) is 6.97. The Balaban J connectivity index is 1.44. The third-order valence-electron chi connectivity index (χ3n) is 5.24. The highest BCUT2D eigenvalue weighted by Gasteiger charge is 2.22. The first-order valence-electron chi connectivity index (χ1n) is 9.31. The number of nitrogens with one attached hydrogen (secondary N) is 1. The minimum atomic E-state index is -0.104. The van der Waals surface area contributed by atoms with Crippen molar-refractivity contribution in [2.24, 2.45) is 0 Å². The molecular formula is C20H24N4O. The molecule has 0 bridgehead atoms. The summed E-state index contributed by atoms with van der Waals surface area (Å²) in [6, 6.07) is 12.3. The molecule has 5 heteroatoms. The predicted octanol–water partition coefficient (Wildman–Crippen LogP) is 3.62. The van der Waals surface area contributed by atoms with Crippen LogP contribution in [0.4, 0.5) is 11.5 Å². The molecule has 2 aliphatic rings. The van der Waals surface area contributed by atoms with Gasteiger partial charge in [0.2, 0.25) is 0 Å². The normalized spacial score (nSPS) is 17.8. The Kier molecular flexibility index (Phi) is 4.63. The Labute approximate surface area is 148 Å². The van der Waals surface area contributed by atoms with Gasteiger partial charge in [-0.05, 0) is 43.0 Å². The Morgan fingerprint density at radius 2 is 1.80 bits per heavy atom. The second kappa shape index (κ2) is 7.21. The topological polar surface area (TPSA) is 58.1 Å². The molecule has 5 nitrogen and oxygen atoms in total. The SMILES string of the molecule is O=C(NC1CCCCCC1)c1ccc(N2CCc3ccccc32)nn1. The summed E-state index contributed by atoms with van der Waals surface area (Å²) < 4.78 is 0. The molecule has 2 heterocycles. The molecule has 1 aliphatic heterocycles. The number of para-hydroxylation sites is 1.